The Morgan fingerprint density at radius 3 is 2.68 bits per heavy atom. The van der Waals surface area contributed by atoms with Gasteiger partial charge in [0.1, 0.15) is 17.2 Å². The van der Waals surface area contributed by atoms with Gasteiger partial charge in [0.2, 0.25) is 5.91 Å². The average molecular weight is 310 g/mol. The van der Waals surface area contributed by atoms with Crippen LogP contribution in [-0.4, -0.2) is 36.3 Å². The van der Waals surface area contributed by atoms with Crippen LogP contribution in [0.4, 0.5) is 8.78 Å². The molecule has 1 N–H and O–H groups in total. The number of nitrogens with one attached hydrogen (secondary N) is 1. The molecule has 0 spiro atoms. The largest absolute Gasteiger partial charge is 0.356 e. The molecule has 6 heteroatoms. The van der Waals surface area contributed by atoms with Gasteiger partial charge in [0.05, 0.1) is 5.41 Å². The quantitative estimate of drug-likeness (QED) is 0.931. The van der Waals surface area contributed by atoms with Crippen molar-refractivity contribution in [3.05, 3.63) is 34.9 Å². The Balaban J connectivity index is 2.23. The van der Waals surface area contributed by atoms with Gasteiger partial charge in [-0.05, 0) is 38.8 Å². The zero-order valence-electron chi connectivity index (χ0n) is 13.0. The molecule has 0 radical (unpaired) electrons. The molecule has 2 amide bonds. The predicted octanol–water partition coefficient (Wildman–Crippen LogP) is 2.26. The molecule has 1 fully saturated rings. The number of likely N-dealkylation sites (tertiary alicyclic amines) is 1. The van der Waals surface area contributed by atoms with Gasteiger partial charge < -0.3 is 10.2 Å². The van der Waals surface area contributed by atoms with Gasteiger partial charge >= 0.3 is 0 Å². The summed E-state index contributed by atoms with van der Waals surface area (Å²) in [6.07, 6.45) is 0.472. The lowest BCUT2D eigenvalue weighted by Crippen LogP contribution is -2.42. The highest BCUT2D eigenvalue weighted by Crippen LogP contribution is 2.32. The van der Waals surface area contributed by atoms with Gasteiger partial charge in [-0.1, -0.05) is 6.07 Å². The molecule has 0 aliphatic carbocycles. The van der Waals surface area contributed by atoms with Crippen molar-refractivity contribution >= 4 is 11.8 Å². The minimum atomic E-state index is -0.875. The maximum atomic E-state index is 14.1. The van der Waals surface area contributed by atoms with E-state index in [4.69, 9.17) is 0 Å². The second-order valence-electron chi connectivity index (χ2n) is 5.95. The van der Waals surface area contributed by atoms with Gasteiger partial charge in [-0.3, -0.25) is 9.59 Å². The average Bonchev–Trinajstić information content (AvgIpc) is 2.87. The highest BCUT2D eigenvalue weighted by Gasteiger charge is 2.42. The Kier molecular flexibility index (Phi) is 4.49. The number of hydrogen-bond donors (Lipinski definition) is 1. The van der Waals surface area contributed by atoms with E-state index in [-0.39, 0.29) is 18.0 Å². The third kappa shape index (κ3) is 2.82. The van der Waals surface area contributed by atoms with Gasteiger partial charge in [-0.2, -0.15) is 0 Å². The van der Waals surface area contributed by atoms with Gasteiger partial charge in [0, 0.05) is 19.6 Å². The molecule has 1 saturated heterocycles. The van der Waals surface area contributed by atoms with Crippen molar-refractivity contribution in [3.8, 4) is 0 Å². The van der Waals surface area contributed by atoms with E-state index < -0.39 is 28.5 Å². The molecule has 4 nitrogen and oxygen atoms in total. The first-order valence-electron chi connectivity index (χ1n) is 7.32. The summed E-state index contributed by atoms with van der Waals surface area (Å²) in [5.41, 5.74) is -1.04. The lowest BCUT2D eigenvalue weighted by molar-refractivity contribution is -0.129. The molecular formula is C16H20F2N2O2. The summed E-state index contributed by atoms with van der Waals surface area (Å²) in [6, 6.07) is 2.38. The number of aryl methyl sites for hydroxylation is 1. The molecule has 1 aromatic carbocycles. The number of rotatable bonds is 3. The predicted molar refractivity (Wildman–Crippen MR) is 78.4 cm³/mol. The van der Waals surface area contributed by atoms with Gasteiger partial charge in [0.25, 0.3) is 5.91 Å². The first-order chi connectivity index (χ1) is 10.3. The third-order valence-electron chi connectivity index (χ3n) is 4.14. The maximum Gasteiger partial charge on any atom is 0.259 e. The van der Waals surface area contributed by atoms with Crippen LogP contribution in [0.1, 0.15) is 36.2 Å². The maximum absolute atomic E-state index is 14.1. The summed E-state index contributed by atoms with van der Waals surface area (Å²) in [5.74, 6) is -2.56. The second kappa shape index (κ2) is 6.02. The lowest BCUT2D eigenvalue weighted by atomic mass is 9.89. The van der Waals surface area contributed by atoms with Crippen molar-refractivity contribution < 1.29 is 18.4 Å². The van der Waals surface area contributed by atoms with Crippen molar-refractivity contribution in [2.24, 2.45) is 5.41 Å². The molecule has 22 heavy (non-hydrogen) atoms. The van der Waals surface area contributed by atoms with Crippen LogP contribution in [0.25, 0.3) is 0 Å². The fourth-order valence-electron chi connectivity index (χ4n) is 2.70. The molecule has 0 saturated carbocycles. The lowest BCUT2D eigenvalue weighted by Gasteiger charge is -2.23. The van der Waals surface area contributed by atoms with E-state index in [1.165, 1.54) is 17.9 Å². The highest BCUT2D eigenvalue weighted by molar-refractivity contribution is 5.96. The summed E-state index contributed by atoms with van der Waals surface area (Å²) >= 11 is 0. The SMILES string of the molecule is CCNC(=O)C1(C)CCN(C(=O)c2c(F)ccc(C)c2F)C1. The molecule has 120 valence electrons. The van der Waals surface area contributed by atoms with Crippen LogP contribution in [-0.2, 0) is 4.79 Å². The molecule has 2 rings (SSSR count). The normalized spacial score (nSPS) is 21.0. The minimum Gasteiger partial charge on any atom is -0.356 e. The van der Waals surface area contributed by atoms with E-state index in [0.717, 1.165) is 6.07 Å². The number of benzene rings is 1. The smallest absolute Gasteiger partial charge is 0.259 e. The second-order valence-corrected chi connectivity index (χ2v) is 5.95. The van der Waals surface area contributed by atoms with Crippen LogP contribution in [0, 0.1) is 24.0 Å². The molecule has 1 aromatic rings. The van der Waals surface area contributed by atoms with E-state index >= 15 is 0 Å². The summed E-state index contributed by atoms with van der Waals surface area (Å²) in [5, 5.41) is 2.73. The van der Waals surface area contributed by atoms with E-state index in [2.05, 4.69) is 5.32 Å². The van der Waals surface area contributed by atoms with Crippen LogP contribution in [0.3, 0.4) is 0 Å². The highest BCUT2D eigenvalue weighted by atomic mass is 19.1. The van der Waals surface area contributed by atoms with Crippen molar-refractivity contribution in [1.29, 1.82) is 0 Å². The first kappa shape index (κ1) is 16.4. The molecular weight excluding hydrogens is 290 g/mol. The van der Waals surface area contributed by atoms with Gasteiger partial charge in [-0.15, -0.1) is 0 Å². The molecule has 1 unspecified atom stereocenters. The van der Waals surface area contributed by atoms with E-state index in [1.807, 2.05) is 6.92 Å². The number of carbonyl (C=O) groups is 2. The molecule has 0 aromatic heterocycles. The number of hydrogen-bond acceptors (Lipinski definition) is 2. The van der Waals surface area contributed by atoms with Crippen molar-refractivity contribution in [2.45, 2.75) is 27.2 Å². The van der Waals surface area contributed by atoms with Crippen molar-refractivity contribution in [2.75, 3.05) is 19.6 Å². The van der Waals surface area contributed by atoms with E-state index in [9.17, 15) is 18.4 Å². The van der Waals surface area contributed by atoms with Crippen LogP contribution in [0.15, 0.2) is 12.1 Å². The molecule has 1 atom stereocenters. The Hall–Kier alpha value is -1.98. The minimum absolute atomic E-state index is 0.143. The van der Waals surface area contributed by atoms with Crippen LogP contribution in [0.2, 0.25) is 0 Å². The monoisotopic (exact) mass is 310 g/mol. The van der Waals surface area contributed by atoms with Crippen LogP contribution >= 0.6 is 0 Å². The standard InChI is InChI=1S/C16H20F2N2O2/c1-4-19-15(22)16(3)7-8-20(9-16)14(21)12-11(17)6-5-10(2)13(12)18/h5-6H,4,7-9H2,1-3H3,(H,19,22). The van der Waals surface area contributed by atoms with Gasteiger partial charge in [-0.25, -0.2) is 8.78 Å². The summed E-state index contributed by atoms with van der Waals surface area (Å²) in [7, 11) is 0. The first-order valence-corrected chi connectivity index (χ1v) is 7.32. The summed E-state index contributed by atoms with van der Waals surface area (Å²) in [4.78, 5) is 25.8. The Morgan fingerprint density at radius 2 is 2.05 bits per heavy atom. The Morgan fingerprint density at radius 1 is 1.36 bits per heavy atom. The Labute approximate surface area is 128 Å². The fourth-order valence-corrected chi connectivity index (χ4v) is 2.70. The number of carbonyl (C=O) groups excluding carboxylic acids is 2. The number of amides is 2. The fraction of sp³-hybridized carbons (Fsp3) is 0.500. The summed E-state index contributed by atoms with van der Waals surface area (Å²) in [6.45, 7) is 6.02. The summed E-state index contributed by atoms with van der Waals surface area (Å²) < 4.78 is 27.9. The molecule has 1 aliphatic rings. The van der Waals surface area contributed by atoms with Crippen LogP contribution < -0.4 is 5.32 Å². The Bertz CT molecular complexity index is 618. The van der Waals surface area contributed by atoms with E-state index in [0.29, 0.717) is 19.5 Å². The number of nitrogens with zero attached hydrogens (tertiary/aromatic N) is 1. The topological polar surface area (TPSA) is 49.4 Å². The molecule has 1 heterocycles. The molecule has 0 bridgehead atoms. The number of halogens is 2. The third-order valence-corrected chi connectivity index (χ3v) is 4.14. The zero-order chi connectivity index (χ0) is 16.5. The van der Waals surface area contributed by atoms with E-state index in [1.54, 1.807) is 6.92 Å². The molecule has 1 aliphatic heterocycles. The van der Waals surface area contributed by atoms with Crippen LogP contribution in [0.5, 0.6) is 0 Å². The van der Waals surface area contributed by atoms with Crippen molar-refractivity contribution in [3.63, 3.8) is 0 Å². The zero-order valence-corrected chi connectivity index (χ0v) is 13.0. The van der Waals surface area contributed by atoms with Crippen molar-refractivity contribution in [1.82, 2.24) is 10.2 Å². The van der Waals surface area contributed by atoms with Gasteiger partial charge in [0.15, 0.2) is 0 Å².